The zero-order valence-electron chi connectivity index (χ0n) is 14.9. The maximum atomic E-state index is 12.0. The number of hydrogen-bond acceptors (Lipinski definition) is 4. The predicted octanol–water partition coefficient (Wildman–Crippen LogP) is 4.20. The van der Waals surface area contributed by atoms with Crippen LogP contribution in [0.3, 0.4) is 0 Å². The fourth-order valence-corrected chi connectivity index (χ4v) is 2.37. The SMILES string of the molecule is CC(CC(=O)Nc1cc(Cl)ccc1Cl)=NNC(=O)COc1ccc(C)cc1. The third kappa shape index (κ3) is 7.29. The van der Waals surface area contributed by atoms with Gasteiger partial charge < -0.3 is 10.1 Å². The first-order valence-corrected chi connectivity index (χ1v) is 8.85. The van der Waals surface area contributed by atoms with Crippen LogP contribution in [0.5, 0.6) is 5.75 Å². The number of aryl methyl sites for hydroxylation is 1. The monoisotopic (exact) mass is 407 g/mol. The normalized spacial score (nSPS) is 11.0. The zero-order valence-corrected chi connectivity index (χ0v) is 16.4. The van der Waals surface area contributed by atoms with Gasteiger partial charge in [-0.1, -0.05) is 40.9 Å². The largest absolute Gasteiger partial charge is 0.484 e. The number of benzene rings is 2. The summed E-state index contributed by atoms with van der Waals surface area (Å²) < 4.78 is 5.35. The van der Waals surface area contributed by atoms with Crippen molar-refractivity contribution in [2.24, 2.45) is 5.10 Å². The third-order valence-corrected chi connectivity index (χ3v) is 3.95. The minimum Gasteiger partial charge on any atom is -0.484 e. The number of nitrogens with zero attached hydrogens (tertiary/aromatic N) is 1. The number of amides is 2. The van der Waals surface area contributed by atoms with Crippen molar-refractivity contribution >= 4 is 46.4 Å². The molecule has 2 amide bonds. The van der Waals surface area contributed by atoms with E-state index in [-0.39, 0.29) is 18.9 Å². The first-order valence-electron chi connectivity index (χ1n) is 8.10. The molecule has 0 fully saturated rings. The second-order valence-electron chi connectivity index (χ2n) is 5.83. The first kappa shape index (κ1) is 20.7. The quantitative estimate of drug-likeness (QED) is 0.532. The van der Waals surface area contributed by atoms with Gasteiger partial charge >= 0.3 is 0 Å². The number of nitrogens with one attached hydrogen (secondary N) is 2. The van der Waals surface area contributed by atoms with E-state index in [4.69, 9.17) is 27.9 Å². The molecule has 0 unspecified atom stereocenters. The smallest absolute Gasteiger partial charge is 0.277 e. The van der Waals surface area contributed by atoms with Crippen LogP contribution in [0.1, 0.15) is 18.9 Å². The van der Waals surface area contributed by atoms with Crippen LogP contribution < -0.4 is 15.5 Å². The van der Waals surface area contributed by atoms with E-state index in [1.165, 1.54) is 0 Å². The van der Waals surface area contributed by atoms with Crippen LogP contribution in [-0.4, -0.2) is 24.1 Å². The number of hydrazone groups is 1. The Morgan fingerprint density at radius 2 is 1.78 bits per heavy atom. The fourth-order valence-electron chi connectivity index (χ4n) is 2.03. The molecular weight excluding hydrogens is 389 g/mol. The van der Waals surface area contributed by atoms with E-state index < -0.39 is 5.91 Å². The highest BCUT2D eigenvalue weighted by atomic mass is 35.5. The fraction of sp³-hybridized carbons (Fsp3) is 0.211. The van der Waals surface area contributed by atoms with E-state index in [1.807, 2.05) is 19.1 Å². The van der Waals surface area contributed by atoms with Crippen molar-refractivity contribution in [1.82, 2.24) is 5.43 Å². The number of halogens is 2. The topological polar surface area (TPSA) is 79.8 Å². The van der Waals surface area contributed by atoms with Crippen LogP contribution >= 0.6 is 23.2 Å². The van der Waals surface area contributed by atoms with Crippen molar-refractivity contribution in [1.29, 1.82) is 0 Å². The van der Waals surface area contributed by atoms with E-state index in [9.17, 15) is 9.59 Å². The average molecular weight is 408 g/mol. The Kier molecular flexibility index (Phi) is 7.64. The average Bonchev–Trinajstić information content (AvgIpc) is 2.62. The summed E-state index contributed by atoms with van der Waals surface area (Å²) in [6.45, 7) is 3.41. The van der Waals surface area contributed by atoms with Gasteiger partial charge in [0.05, 0.1) is 17.1 Å². The van der Waals surface area contributed by atoms with Gasteiger partial charge in [-0.15, -0.1) is 0 Å². The molecule has 0 radical (unpaired) electrons. The molecule has 2 N–H and O–H groups in total. The highest BCUT2D eigenvalue weighted by Gasteiger charge is 2.09. The van der Waals surface area contributed by atoms with Gasteiger partial charge in [0.25, 0.3) is 5.91 Å². The summed E-state index contributed by atoms with van der Waals surface area (Å²) in [6, 6.07) is 12.1. The van der Waals surface area contributed by atoms with Crippen molar-refractivity contribution in [3.05, 3.63) is 58.1 Å². The standard InChI is InChI=1S/C19H19Cl2N3O3/c1-12-3-6-15(7-4-12)27-11-19(26)24-23-13(2)9-18(25)22-17-10-14(20)5-8-16(17)21/h3-8,10H,9,11H2,1-2H3,(H,22,25)(H,24,26). The molecule has 0 aromatic heterocycles. The Morgan fingerprint density at radius 3 is 2.48 bits per heavy atom. The molecule has 2 rings (SSSR count). The number of carbonyl (C=O) groups excluding carboxylic acids is 2. The van der Waals surface area contributed by atoms with Gasteiger partial charge in [0.2, 0.25) is 5.91 Å². The first-order chi connectivity index (χ1) is 12.8. The van der Waals surface area contributed by atoms with Gasteiger partial charge in [0.15, 0.2) is 6.61 Å². The Bertz CT molecular complexity index is 852. The molecule has 8 heteroatoms. The molecule has 0 heterocycles. The van der Waals surface area contributed by atoms with E-state index in [0.717, 1.165) is 5.56 Å². The van der Waals surface area contributed by atoms with Crippen LogP contribution in [0.2, 0.25) is 10.0 Å². The molecule has 142 valence electrons. The van der Waals surface area contributed by atoms with Crippen molar-refractivity contribution in [3.8, 4) is 5.75 Å². The van der Waals surface area contributed by atoms with Crippen LogP contribution in [-0.2, 0) is 9.59 Å². The van der Waals surface area contributed by atoms with Crippen molar-refractivity contribution < 1.29 is 14.3 Å². The second-order valence-corrected chi connectivity index (χ2v) is 6.68. The summed E-state index contributed by atoms with van der Waals surface area (Å²) in [7, 11) is 0. The third-order valence-electron chi connectivity index (χ3n) is 3.38. The number of carbonyl (C=O) groups is 2. The number of hydrogen-bond donors (Lipinski definition) is 2. The van der Waals surface area contributed by atoms with Gasteiger partial charge in [0, 0.05) is 10.7 Å². The van der Waals surface area contributed by atoms with Gasteiger partial charge in [-0.25, -0.2) is 5.43 Å². The molecule has 0 atom stereocenters. The van der Waals surface area contributed by atoms with Gasteiger partial charge in [-0.05, 0) is 44.2 Å². The highest BCUT2D eigenvalue weighted by Crippen LogP contribution is 2.25. The van der Waals surface area contributed by atoms with Crippen molar-refractivity contribution in [2.45, 2.75) is 20.3 Å². The van der Waals surface area contributed by atoms with Crippen LogP contribution in [0, 0.1) is 6.92 Å². The van der Waals surface area contributed by atoms with E-state index in [2.05, 4.69) is 15.8 Å². The van der Waals surface area contributed by atoms with E-state index in [1.54, 1.807) is 37.3 Å². The predicted molar refractivity (Wildman–Crippen MR) is 108 cm³/mol. The lowest BCUT2D eigenvalue weighted by molar-refractivity contribution is -0.123. The van der Waals surface area contributed by atoms with Crippen LogP contribution in [0.4, 0.5) is 5.69 Å². The molecule has 2 aromatic rings. The molecule has 0 saturated heterocycles. The van der Waals surface area contributed by atoms with Gasteiger partial charge in [-0.3, -0.25) is 9.59 Å². The van der Waals surface area contributed by atoms with Crippen molar-refractivity contribution in [2.75, 3.05) is 11.9 Å². The van der Waals surface area contributed by atoms with Crippen molar-refractivity contribution in [3.63, 3.8) is 0 Å². The van der Waals surface area contributed by atoms with Gasteiger partial charge in [0.1, 0.15) is 5.75 Å². The molecule has 2 aromatic carbocycles. The molecule has 0 bridgehead atoms. The molecular formula is C19H19Cl2N3O3. The lowest BCUT2D eigenvalue weighted by Crippen LogP contribution is -2.26. The summed E-state index contributed by atoms with van der Waals surface area (Å²) in [4.78, 5) is 23.8. The minimum absolute atomic E-state index is 0.0120. The molecule has 0 spiro atoms. The lowest BCUT2D eigenvalue weighted by atomic mass is 10.2. The lowest BCUT2D eigenvalue weighted by Gasteiger charge is -2.08. The minimum atomic E-state index is -0.423. The maximum Gasteiger partial charge on any atom is 0.277 e. The highest BCUT2D eigenvalue weighted by molar-refractivity contribution is 6.35. The molecule has 27 heavy (non-hydrogen) atoms. The summed E-state index contributed by atoms with van der Waals surface area (Å²) in [6.07, 6.45) is -0.0120. The molecule has 0 aliphatic rings. The summed E-state index contributed by atoms with van der Waals surface area (Å²) in [5, 5.41) is 7.37. The van der Waals surface area contributed by atoms with Gasteiger partial charge in [-0.2, -0.15) is 5.10 Å². The molecule has 0 aliphatic heterocycles. The summed E-state index contributed by atoms with van der Waals surface area (Å²) in [5.74, 6) is -0.159. The number of anilines is 1. The molecule has 0 saturated carbocycles. The Labute approximate surface area is 167 Å². The Hall–Kier alpha value is -2.57. The molecule has 0 aliphatic carbocycles. The van der Waals surface area contributed by atoms with E-state index >= 15 is 0 Å². The number of rotatable bonds is 7. The summed E-state index contributed by atoms with van der Waals surface area (Å²) >= 11 is 11.9. The zero-order chi connectivity index (χ0) is 19.8. The summed E-state index contributed by atoms with van der Waals surface area (Å²) in [5.41, 5.74) is 4.29. The van der Waals surface area contributed by atoms with E-state index in [0.29, 0.717) is 27.2 Å². The molecule has 6 nitrogen and oxygen atoms in total. The maximum absolute atomic E-state index is 12.0. The second kappa shape index (κ2) is 9.94. The Morgan fingerprint density at radius 1 is 1.07 bits per heavy atom. The Balaban J connectivity index is 1.78. The van der Waals surface area contributed by atoms with Crippen LogP contribution in [0.25, 0.3) is 0 Å². The number of ether oxygens (including phenoxy) is 1. The van der Waals surface area contributed by atoms with Crippen LogP contribution in [0.15, 0.2) is 47.6 Å².